The number of hydrogen-bond donors (Lipinski definition) is 0. The van der Waals surface area contributed by atoms with Gasteiger partial charge in [-0.3, -0.25) is 0 Å². The van der Waals surface area contributed by atoms with Crippen LogP contribution in [0.5, 0.6) is 11.5 Å². The van der Waals surface area contributed by atoms with Crippen molar-refractivity contribution in [2.45, 2.75) is 6.61 Å². The molecule has 148 valence electrons. The summed E-state index contributed by atoms with van der Waals surface area (Å²) in [6.07, 6.45) is 2.97. The standard InChI is InChI=1S/C24H16O6/c25-22(10-6-15-5-8-19-21(11-15)29-14-28-19)27-13-17-12-23(26)30-20-9-7-16-3-1-2-4-18(16)24(17)20/h1-12H,13-14H2. The number of rotatable bonds is 4. The SMILES string of the molecule is O=C(C=Cc1ccc2c(c1)OCO2)OCc1cc(=O)oc2ccc3ccccc3c12. The maximum atomic E-state index is 12.2. The highest BCUT2D eigenvalue weighted by Crippen LogP contribution is 2.33. The van der Waals surface area contributed by atoms with Gasteiger partial charge in [-0.2, -0.15) is 0 Å². The molecule has 0 fully saturated rings. The second-order valence-electron chi connectivity index (χ2n) is 6.80. The molecule has 3 aromatic carbocycles. The summed E-state index contributed by atoms with van der Waals surface area (Å²) < 4.78 is 21.3. The van der Waals surface area contributed by atoms with E-state index in [0.717, 1.165) is 21.7 Å². The summed E-state index contributed by atoms with van der Waals surface area (Å²) in [5.74, 6) is 0.797. The Labute approximate surface area is 170 Å². The lowest BCUT2D eigenvalue weighted by molar-refractivity contribution is -0.138. The zero-order valence-electron chi connectivity index (χ0n) is 15.8. The largest absolute Gasteiger partial charge is 0.458 e. The van der Waals surface area contributed by atoms with E-state index in [0.29, 0.717) is 22.6 Å². The summed E-state index contributed by atoms with van der Waals surface area (Å²) in [5.41, 5.74) is 1.36. The van der Waals surface area contributed by atoms with Crippen LogP contribution in [0, 0.1) is 0 Å². The molecule has 1 aromatic heterocycles. The Bertz CT molecular complexity index is 1370. The van der Waals surface area contributed by atoms with Crippen molar-refractivity contribution in [2.24, 2.45) is 0 Å². The van der Waals surface area contributed by atoms with Gasteiger partial charge in [0.2, 0.25) is 6.79 Å². The first-order chi connectivity index (χ1) is 14.7. The summed E-state index contributed by atoms with van der Waals surface area (Å²) in [6.45, 7) is 0.151. The molecule has 30 heavy (non-hydrogen) atoms. The molecule has 0 N–H and O–H groups in total. The molecule has 5 rings (SSSR count). The van der Waals surface area contributed by atoms with E-state index < -0.39 is 11.6 Å². The van der Waals surface area contributed by atoms with E-state index >= 15 is 0 Å². The van der Waals surface area contributed by atoms with Crippen molar-refractivity contribution in [3.05, 3.63) is 88.3 Å². The lowest BCUT2D eigenvalue weighted by Crippen LogP contribution is -2.06. The fourth-order valence-electron chi connectivity index (χ4n) is 3.51. The number of esters is 1. The van der Waals surface area contributed by atoms with Gasteiger partial charge in [0.1, 0.15) is 12.2 Å². The molecule has 0 unspecified atom stereocenters. The van der Waals surface area contributed by atoms with Gasteiger partial charge in [0.15, 0.2) is 11.5 Å². The van der Waals surface area contributed by atoms with Crippen LogP contribution in [0.4, 0.5) is 0 Å². The quantitative estimate of drug-likeness (QED) is 0.218. The van der Waals surface area contributed by atoms with Crippen LogP contribution in [-0.2, 0) is 16.1 Å². The second kappa shape index (κ2) is 7.40. The molecule has 0 aliphatic carbocycles. The smallest absolute Gasteiger partial charge is 0.336 e. The first-order valence-corrected chi connectivity index (χ1v) is 9.36. The van der Waals surface area contributed by atoms with Crippen molar-refractivity contribution < 1.29 is 23.4 Å². The number of fused-ring (bicyclic) bond motifs is 4. The number of hydrogen-bond acceptors (Lipinski definition) is 6. The van der Waals surface area contributed by atoms with Crippen molar-refractivity contribution in [1.82, 2.24) is 0 Å². The molecule has 2 heterocycles. The highest BCUT2D eigenvalue weighted by Gasteiger charge is 2.13. The van der Waals surface area contributed by atoms with E-state index in [-0.39, 0.29) is 13.4 Å². The van der Waals surface area contributed by atoms with Gasteiger partial charge in [-0.05, 0) is 40.6 Å². The number of benzene rings is 3. The molecule has 1 aliphatic rings. The predicted octanol–water partition coefficient (Wildman–Crippen LogP) is 4.43. The van der Waals surface area contributed by atoms with E-state index in [1.165, 1.54) is 12.1 Å². The molecule has 1 aliphatic heterocycles. The number of carbonyl (C=O) groups is 1. The minimum Gasteiger partial charge on any atom is -0.458 e. The maximum Gasteiger partial charge on any atom is 0.336 e. The van der Waals surface area contributed by atoms with Crippen LogP contribution in [0.1, 0.15) is 11.1 Å². The molecule has 0 saturated heterocycles. The minimum absolute atomic E-state index is 0.0413. The maximum absolute atomic E-state index is 12.2. The number of carbonyl (C=O) groups excluding carboxylic acids is 1. The Kier molecular flexibility index (Phi) is 4.44. The molecule has 6 nitrogen and oxygen atoms in total. The van der Waals surface area contributed by atoms with Crippen LogP contribution in [0.3, 0.4) is 0 Å². The minimum atomic E-state index is -0.519. The van der Waals surface area contributed by atoms with Crippen LogP contribution in [0.25, 0.3) is 27.8 Å². The average Bonchev–Trinajstić information content (AvgIpc) is 3.23. The highest BCUT2D eigenvalue weighted by molar-refractivity contribution is 6.07. The van der Waals surface area contributed by atoms with Crippen LogP contribution in [0.2, 0.25) is 0 Å². The fraction of sp³-hybridized carbons (Fsp3) is 0.0833. The van der Waals surface area contributed by atoms with E-state index in [9.17, 15) is 9.59 Å². The molecule has 4 aromatic rings. The van der Waals surface area contributed by atoms with Crippen LogP contribution >= 0.6 is 0 Å². The Morgan fingerprint density at radius 1 is 1.00 bits per heavy atom. The molecular formula is C24H16O6. The van der Waals surface area contributed by atoms with Crippen molar-refractivity contribution in [3.63, 3.8) is 0 Å². The molecule has 6 heteroatoms. The van der Waals surface area contributed by atoms with E-state index in [2.05, 4.69) is 0 Å². The Morgan fingerprint density at radius 2 is 1.87 bits per heavy atom. The molecule has 0 saturated carbocycles. The van der Waals surface area contributed by atoms with Gasteiger partial charge in [0, 0.05) is 23.1 Å². The first-order valence-electron chi connectivity index (χ1n) is 9.36. The summed E-state index contributed by atoms with van der Waals surface area (Å²) in [5, 5.41) is 2.70. The first kappa shape index (κ1) is 18.0. The van der Waals surface area contributed by atoms with Gasteiger partial charge < -0.3 is 18.6 Å². The number of ether oxygens (including phenoxy) is 3. The van der Waals surface area contributed by atoms with Crippen LogP contribution < -0.4 is 15.1 Å². The summed E-state index contributed by atoms with van der Waals surface area (Å²) in [7, 11) is 0. The van der Waals surface area contributed by atoms with Gasteiger partial charge in [-0.15, -0.1) is 0 Å². The van der Waals surface area contributed by atoms with E-state index in [1.54, 1.807) is 24.3 Å². The van der Waals surface area contributed by atoms with Crippen molar-refractivity contribution in [3.8, 4) is 11.5 Å². The Balaban J connectivity index is 1.39. The van der Waals surface area contributed by atoms with E-state index in [1.807, 2.05) is 36.4 Å². The Morgan fingerprint density at radius 3 is 2.80 bits per heavy atom. The summed E-state index contributed by atoms with van der Waals surface area (Å²) in [6, 6.07) is 18.2. The van der Waals surface area contributed by atoms with E-state index in [4.69, 9.17) is 18.6 Å². The van der Waals surface area contributed by atoms with Crippen molar-refractivity contribution in [2.75, 3.05) is 6.79 Å². The zero-order chi connectivity index (χ0) is 20.5. The van der Waals surface area contributed by atoms with Gasteiger partial charge in [0.25, 0.3) is 0 Å². The third kappa shape index (κ3) is 3.39. The van der Waals surface area contributed by atoms with Gasteiger partial charge in [0.05, 0.1) is 0 Å². The van der Waals surface area contributed by atoms with Crippen molar-refractivity contribution >= 4 is 33.8 Å². The van der Waals surface area contributed by atoms with Crippen LogP contribution in [0.15, 0.2) is 76.0 Å². The average molecular weight is 400 g/mol. The molecule has 0 spiro atoms. The molecule has 0 atom stereocenters. The third-order valence-corrected chi connectivity index (χ3v) is 4.89. The summed E-state index contributed by atoms with van der Waals surface area (Å²) in [4.78, 5) is 24.2. The van der Waals surface area contributed by atoms with Crippen LogP contribution in [-0.4, -0.2) is 12.8 Å². The molecule has 0 radical (unpaired) electrons. The second-order valence-corrected chi connectivity index (χ2v) is 6.80. The molecular weight excluding hydrogens is 384 g/mol. The molecule has 0 bridgehead atoms. The van der Waals surface area contributed by atoms with Gasteiger partial charge >= 0.3 is 11.6 Å². The van der Waals surface area contributed by atoms with Gasteiger partial charge in [-0.25, -0.2) is 9.59 Å². The zero-order valence-corrected chi connectivity index (χ0v) is 15.8. The Hall–Kier alpha value is -4.06. The fourth-order valence-corrected chi connectivity index (χ4v) is 3.51. The lowest BCUT2D eigenvalue weighted by atomic mass is 10.0. The van der Waals surface area contributed by atoms with Gasteiger partial charge in [-0.1, -0.05) is 36.4 Å². The predicted molar refractivity (Wildman–Crippen MR) is 111 cm³/mol. The lowest BCUT2D eigenvalue weighted by Gasteiger charge is -2.08. The highest BCUT2D eigenvalue weighted by atomic mass is 16.7. The summed E-state index contributed by atoms with van der Waals surface area (Å²) >= 11 is 0. The third-order valence-electron chi connectivity index (χ3n) is 4.89. The monoisotopic (exact) mass is 400 g/mol. The van der Waals surface area contributed by atoms with Crippen molar-refractivity contribution in [1.29, 1.82) is 0 Å². The normalized spacial score (nSPS) is 12.7. The molecule has 0 amide bonds. The topological polar surface area (TPSA) is 75.0 Å².